The van der Waals surface area contributed by atoms with Crippen molar-refractivity contribution in [1.82, 2.24) is 9.97 Å². The van der Waals surface area contributed by atoms with Crippen molar-refractivity contribution < 1.29 is 8.42 Å². The number of halogens is 2. The van der Waals surface area contributed by atoms with Crippen molar-refractivity contribution in [2.45, 2.75) is 4.90 Å². The number of aromatic nitrogens is 2. The van der Waals surface area contributed by atoms with Crippen LogP contribution in [0.5, 0.6) is 0 Å². The second kappa shape index (κ2) is 5.97. The van der Waals surface area contributed by atoms with Crippen molar-refractivity contribution in [2.24, 2.45) is 0 Å². The predicted molar refractivity (Wildman–Crippen MR) is 83.8 cm³/mol. The number of nitrogens with two attached hydrogens (primary N) is 1. The summed E-state index contributed by atoms with van der Waals surface area (Å²) in [6, 6.07) is 5.80. The normalized spacial score (nSPS) is 10.9. The average Bonchev–Trinajstić information content (AvgIpc) is 2.41. The van der Waals surface area contributed by atoms with Crippen LogP contribution in [0.3, 0.4) is 0 Å². The van der Waals surface area contributed by atoms with Gasteiger partial charge in [-0.25, -0.2) is 18.4 Å². The molecule has 7 nitrogen and oxygen atoms in total. The molecule has 0 aliphatic rings. The molecule has 1 heterocycles. The van der Waals surface area contributed by atoms with Crippen molar-refractivity contribution in [2.75, 3.05) is 10.5 Å². The summed E-state index contributed by atoms with van der Waals surface area (Å²) in [7, 11) is -3.94. The summed E-state index contributed by atoms with van der Waals surface area (Å²) in [5.41, 5.74) is 5.92. The molecule has 0 aliphatic heterocycles. The molecule has 0 amide bonds. The Bertz CT molecular complexity index is 848. The molecule has 0 aliphatic carbocycles. The minimum Gasteiger partial charge on any atom is -0.398 e. The summed E-state index contributed by atoms with van der Waals surface area (Å²) in [5, 5.41) is 8.75. The summed E-state index contributed by atoms with van der Waals surface area (Å²) in [6.07, 6.45) is 1.35. The highest BCUT2D eigenvalue weighted by Crippen LogP contribution is 2.25. The molecule has 0 radical (unpaired) electrons. The van der Waals surface area contributed by atoms with Gasteiger partial charge in [0.15, 0.2) is 10.4 Å². The SMILES string of the molecule is N#Cc1ccc(S(=O)(=O)Nc2ncc(Br)nc2Br)c(N)c1. The third-order valence-electron chi connectivity index (χ3n) is 2.36. The largest absolute Gasteiger partial charge is 0.398 e. The predicted octanol–water partition coefficient (Wildman–Crippen LogP) is 2.26. The smallest absolute Gasteiger partial charge is 0.265 e. The fourth-order valence-corrected chi connectivity index (χ4v) is 3.63. The van der Waals surface area contributed by atoms with E-state index in [2.05, 4.69) is 46.5 Å². The average molecular weight is 433 g/mol. The van der Waals surface area contributed by atoms with Crippen LogP contribution in [0.15, 0.2) is 38.5 Å². The molecule has 0 spiro atoms. The van der Waals surface area contributed by atoms with Gasteiger partial charge in [0.1, 0.15) is 9.50 Å². The first-order valence-electron chi connectivity index (χ1n) is 5.34. The number of rotatable bonds is 3. The summed E-state index contributed by atoms with van der Waals surface area (Å²) < 4.78 is 27.5. The standard InChI is InChI=1S/C11H7Br2N5O2S/c12-9-5-16-11(10(13)17-9)18-21(19,20)8-2-1-6(4-14)3-7(8)15/h1-3,5H,15H2,(H,16,18). The van der Waals surface area contributed by atoms with Crippen LogP contribution >= 0.6 is 31.9 Å². The highest BCUT2D eigenvalue weighted by atomic mass is 79.9. The second-order valence-corrected chi connectivity index (χ2v) is 7.02. The molecule has 1 aromatic carbocycles. The van der Waals surface area contributed by atoms with Crippen LogP contribution in [0.2, 0.25) is 0 Å². The van der Waals surface area contributed by atoms with E-state index in [1.807, 2.05) is 6.07 Å². The molecule has 0 fully saturated rings. The van der Waals surface area contributed by atoms with Gasteiger partial charge in [-0.1, -0.05) is 0 Å². The molecule has 0 unspecified atom stereocenters. The van der Waals surface area contributed by atoms with Gasteiger partial charge < -0.3 is 5.73 Å². The first-order valence-corrected chi connectivity index (χ1v) is 8.41. The zero-order chi connectivity index (χ0) is 15.6. The number of sulfonamides is 1. The van der Waals surface area contributed by atoms with Crippen LogP contribution in [-0.4, -0.2) is 18.4 Å². The lowest BCUT2D eigenvalue weighted by Crippen LogP contribution is -2.16. The van der Waals surface area contributed by atoms with E-state index in [9.17, 15) is 8.42 Å². The van der Waals surface area contributed by atoms with E-state index in [-0.39, 0.29) is 26.6 Å². The number of hydrogen-bond acceptors (Lipinski definition) is 6. The fourth-order valence-electron chi connectivity index (χ4n) is 1.46. The molecule has 0 atom stereocenters. The van der Waals surface area contributed by atoms with E-state index in [4.69, 9.17) is 11.0 Å². The van der Waals surface area contributed by atoms with Crippen molar-refractivity contribution in [3.05, 3.63) is 39.2 Å². The molecular weight excluding hydrogens is 426 g/mol. The monoisotopic (exact) mass is 431 g/mol. The fraction of sp³-hybridized carbons (Fsp3) is 0. The Kier molecular flexibility index (Phi) is 4.46. The lowest BCUT2D eigenvalue weighted by atomic mass is 10.2. The van der Waals surface area contributed by atoms with E-state index in [0.29, 0.717) is 4.60 Å². The van der Waals surface area contributed by atoms with Crippen LogP contribution in [0.4, 0.5) is 11.5 Å². The van der Waals surface area contributed by atoms with E-state index < -0.39 is 10.0 Å². The van der Waals surface area contributed by atoms with Crippen molar-refractivity contribution in [3.63, 3.8) is 0 Å². The van der Waals surface area contributed by atoms with Gasteiger partial charge in [0.25, 0.3) is 10.0 Å². The molecule has 0 bridgehead atoms. The van der Waals surface area contributed by atoms with Gasteiger partial charge in [-0.05, 0) is 50.1 Å². The van der Waals surface area contributed by atoms with Gasteiger partial charge in [-0.15, -0.1) is 0 Å². The highest BCUT2D eigenvalue weighted by Gasteiger charge is 2.20. The Labute approximate surface area is 137 Å². The van der Waals surface area contributed by atoms with E-state index in [0.717, 1.165) is 0 Å². The van der Waals surface area contributed by atoms with Gasteiger partial charge in [0, 0.05) is 0 Å². The summed E-state index contributed by atoms with van der Waals surface area (Å²) >= 11 is 6.23. The molecule has 2 aromatic rings. The molecule has 3 N–H and O–H groups in total. The molecule has 21 heavy (non-hydrogen) atoms. The number of anilines is 2. The Hall–Kier alpha value is -1.70. The second-order valence-electron chi connectivity index (χ2n) is 3.80. The van der Waals surface area contributed by atoms with Crippen molar-refractivity contribution in [3.8, 4) is 6.07 Å². The Balaban J connectivity index is 2.41. The number of nitrogens with one attached hydrogen (secondary N) is 1. The Morgan fingerprint density at radius 2 is 2.05 bits per heavy atom. The van der Waals surface area contributed by atoms with Crippen LogP contribution < -0.4 is 10.5 Å². The summed E-state index contributed by atoms with van der Waals surface area (Å²) in [5.74, 6) is 0.0296. The van der Waals surface area contributed by atoms with Gasteiger partial charge in [0.05, 0.1) is 23.5 Å². The van der Waals surface area contributed by atoms with Gasteiger partial charge >= 0.3 is 0 Å². The molecule has 2 rings (SSSR count). The zero-order valence-electron chi connectivity index (χ0n) is 10.2. The van der Waals surface area contributed by atoms with Crippen LogP contribution in [0.1, 0.15) is 5.56 Å². The number of benzene rings is 1. The Morgan fingerprint density at radius 1 is 1.33 bits per heavy atom. The zero-order valence-corrected chi connectivity index (χ0v) is 14.2. The Morgan fingerprint density at radius 3 is 2.62 bits per heavy atom. The topological polar surface area (TPSA) is 122 Å². The maximum absolute atomic E-state index is 12.3. The number of nitriles is 1. The van der Waals surface area contributed by atoms with Gasteiger partial charge in [-0.3, -0.25) is 4.72 Å². The molecule has 0 saturated heterocycles. The minimum absolute atomic E-state index is 0.0252. The number of nitrogen functional groups attached to an aromatic ring is 1. The molecule has 10 heteroatoms. The van der Waals surface area contributed by atoms with E-state index >= 15 is 0 Å². The summed E-state index contributed by atoms with van der Waals surface area (Å²) in [6.45, 7) is 0. The van der Waals surface area contributed by atoms with E-state index in [1.54, 1.807) is 0 Å². The molecule has 108 valence electrons. The summed E-state index contributed by atoms with van der Waals surface area (Å²) in [4.78, 5) is 7.74. The maximum Gasteiger partial charge on any atom is 0.265 e. The molecule has 1 aromatic heterocycles. The lowest BCUT2D eigenvalue weighted by Gasteiger charge is -2.10. The first kappa shape index (κ1) is 15.7. The first-order chi connectivity index (χ1) is 9.83. The van der Waals surface area contributed by atoms with Crippen LogP contribution in [0.25, 0.3) is 0 Å². The van der Waals surface area contributed by atoms with Crippen molar-refractivity contribution in [1.29, 1.82) is 5.26 Å². The molecular formula is C11H7Br2N5O2S. The quantitative estimate of drug-likeness (QED) is 0.717. The lowest BCUT2D eigenvalue weighted by molar-refractivity contribution is 0.601. The maximum atomic E-state index is 12.3. The van der Waals surface area contributed by atoms with Gasteiger partial charge in [0.2, 0.25) is 0 Å². The van der Waals surface area contributed by atoms with Crippen LogP contribution in [0, 0.1) is 11.3 Å². The van der Waals surface area contributed by atoms with Crippen LogP contribution in [-0.2, 0) is 10.0 Å². The minimum atomic E-state index is -3.94. The number of nitrogens with zero attached hydrogens (tertiary/aromatic N) is 3. The third-order valence-corrected chi connectivity index (χ3v) is 4.71. The van der Waals surface area contributed by atoms with Gasteiger partial charge in [-0.2, -0.15) is 5.26 Å². The third kappa shape index (κ3) is 3.49. The highest BCUT2D eigenvalue weighted by molar-refractivity contribution is 9.11. The van der Waals surface area contributed by atoms with Crippen molar-refractivity contribution >= 4 is 53.4 Å². The molecule has 0 saturated carbocycles. The number of hydrogen-bond donors (Lipinski definition) is 2. The van der Waals surface area contributed by atoms with E-state index in [1.165, 1.54) is 24.4 Å².